The number of halogens is 1. The van der Waals surface area contributed by atoms with Gasteiger partial charge in [0.05, 0.1) is 5.56 Å². The molecule has 0 saturated carbocycles. The van der Waals surface area contributed by atoms with Gasteiger partial charge in [0.1, 0.15) is 0 Å². The van der Waals surface area contributed by atoms with E-state index in [1.807, 2.05) is 36.4 Å². The third-order valence-electron chi connectivity index (χ3n) is 3.87. The second-order valence-electron chi connectivity index (χ2n) is 6.03. The second kappa shape index (κ2) is 9.56. The fourth-order valence-electron chi connectivity index (χ4n) is 2.61. The Balaban J connectivity index is 1.90. The Kier molecular flexibility index (Phi) is 7.44. The highest BCUT2D eigenvalue weighted by Crippen LogP contribution is 2.20. The van der Waals surface area contributed by atoms with Crippen molar-refractivity contribution in [2.24, 2.45) is 0 Å². The molecule has 0 aliphatic heterocycles. The molecule has 1 N–H and O–H groups in total. The highest BCUT2D eigenvalue weighted by atomic mass is 127. The van der Waals surface area contributed by atoms with Gasteiger partial charge in [0.2, 0.25) is 0 Å². The van der Waals surface area contributed by atoms with E-state index in [2.05, 4.69) is 53.6 Å². The molecule has 2 rings (SSSR count). The monoisotopic (exact) mass is 466 g/mol. The molecule has 0 aliphatic rings. The van der Waals surface area contributed by atoms with Crippen molar-refractivity contribution in [2.45, 2.75) is 26.8 Å². The van der Waals surface area contributed by atoms with Gasteiger partial charge in [-0.15, -0.1) is 0 Å². The van der Waals surface area contributed by atoms with Gasteiger partial charge < -0.3 is 15.0 Å². The maximum absolute atomic E-state index is 12.0. The summed E-state index contributed by atoms with van der Waals surface area (Å²) in [5, 5.41) is 2.74. The van der Waals surface area contributed by atoms with E-state index in [0.29, 0.717) is 17.3 Å². The van der Waals surface area contributed by atoms with Crippen LogP contribution >= 0.6 is 22.6 Å². The summed E-state index contributed by atoms with van der Waals surface area (Å²) in [6.45, 7) is 6.98. The molecule has 0 bridgehead atoms. The molecule has 0 heterocycles. The minimum Gasteiger partial charge on any atom is -0.452 e. The molecule has 0 radical (unpaired) electrons. The van der Waals surface area contributed by atoms with Crippen LogP contribution in [0.15, 0.2) is 48.5 Å². The molecule has 26 heavy (non-hydrogen) atoms. The molecule has 0 atom stereocenters. The number of benzene rings is 2. The number of carbonyl (C=O) groups excluding carboxylic acids is 2. The van der Waals surface area contributed by atoms with Crippen LogP contribution in [-0.4, -0.2) is 31.1 Å². The first-order chi connectivity index (χ1) is 12.4. The Bertz CT molecular complexity index is 760. The van der Waals surface area contributed by atoms with Crippen LogP contribution in [0, 0.1) is 3.57 Å². The van der Waals surface area contributed by atoms with Gasteiger partial charge in [-0.25, -0.2) is 4.79 Å². The van der Waals surface area contributed by atoms with Crippen molar-refractivity contribution in [1.82, 2.24) is 0 Å². The summed E-state index contributed by atoms with van der Waals surface area (Å²) in [6.07, 6.45) is 0. The van der Waals surface area contributed by atoms with E-state index in [4.69, 9.17) is 4.74 Å². The Hall–Kier alpha value is -2.09. The molecule has 0 aromatic heterocycles. The van der Waals surface area contributed by atoms with E-state index in [1.54, 1.807) is 12.1 Å². The number of amides is 1. The van der Waals surface area contributed by atoms with Crippen molar-refractivity contribution < 1.29 is 14.3 Å². The van der Waals surface area contributed by atoms with E-state index in [1.165, 1.54) is 0 Å². The van der Waals surface area contributed by atoms with Gasteiger partial charge in [-0.1, -0.05) is 12.1 Å². The van der Waals surface area contributed by atoms with Crippen LogP contribution in [0.25, 0.3) is 0 Å². The number of hydrogen-bond acceptors (Lipinski definition) is 4. The number of ether oxygens (including phenoxy) is 1. The van der Waals surface area contributed by atoms with E-state index in [9.17, 15) is 9.59 Å². The zero-order chi connectivity index (χ0) is 19.1. The quantitative estimate of drug-likeness (QED) is 0.488. The number of esters is 1. The predicted octanol–water partition coefficient (Wildman–Crippen LogP) is 4.32. The predicted molar refractivity (Wildman–Crippen MR) is 113 cm³/mol. The molecular formula is C20H23IN2O3. The van der Waals surface area contributed by atoms with Crippen molar-refractivity contribution in [3.8, 4) is 0 Å². The molecule has 5 nitrogen and oxygen atoms in total. The smallest absolute Gasteiger partial charge is 0.339 e. The summed E-state index contributed by atoms with van der Waals surface area (Å²) in [5.74, 6) is -0.871. The topological polar surface area (TPSA) is 58.6 Å². The zero-order valence-electron chi connectivity index (χ0n) is 15.2. The van der Waals surface area contributed by atoms with Crippen molar-refractivity contribution in [3.63, 3.8) is 0 Å². The first-order valence-electron chi connectivity index (χ1n) is 8.50. The number of nitrogens with one attached hydrogen (secondary N) is 1. The molecule has 6 heteroatoms. The Morgan fingerprint density at radius 2 is 1.77 bits per heavy atom. The number of anilines is 2. The molecule has 1 amide bonds. The van der Waals surface area contributed by atoms with Crippen LogP contribution < -0.4 is 10.2 Å². The molecule has 0 saturated heterocycles. The van der Waals surface area contributed by atoms with Gasteiger partial charge >= 0.3 is 5.97 Å². The van der Waals surface area contributed by atoms with Crippen LogP contribution in [0.3, 0.4) is 0 Å². The van der Waals surface area contributed by atoms with Crippen LogP contribution in [0.2, 0.25) is 0 Å². The van der Waals surface area contributed by atoms with Gasteiger partial charge in [-0.05, 0) is 79.8 Å². The lowest BCUT2D eigenvalue weighted by Crippen LogP contribution is -2.30. The summed E-state index contributed by atoms with van der Waals surface area (Å²) in [4.78, 5) is 26.3. The average molecular weight is 466 g/mol. The standard InChI is InChI=1S/C20H23IN2O3/c1-4-23(14(2)3)16-11-9-15(10-12-16)22-19(24)13-26-20(25)17-7-5-6-8-18(17)21/h5-12,14H,4,13H2,1-3H3,(H,22,24). The van der Waals surface area contributed by atoms with E-state index in [0.717, 1.165) is 15.8 Å². The fraction of sp³-hybridized carbons (Fsp3) is 0.300. The summed E-state index contributed by atoms with van der Waals surface area (Å²) >= 11 is 2.06. The Morgan fingerprint density at radius 3 is 2.35 bits per heavy atom. The van der Waals surface area contributed by atoms with Gasteiger partial charge in [-0.3, -0.25) is 4.79 Å². The van der Waals surface area contributed by atoms with Crippen molar-refractivity contribution in [1.29, 1.82) is 0 Å². The minimum absolute atomic E-state index is 0.321. The molecule has 2 aromatic rings. The van der Waals surface area contributed by atoms with Gasteiger partial charge in [0, 0.05) is 27.5 Å². The third kappa shape index (κ3) is 5.45. The highest BCUT2D eigenvalue weighted by molar-refractivity contribution is 14.1. The SMILES string of the molecule is CCN(c1ccc(NC(=O)COC(=O)c2ccccc2I)cc1)C(C)C. The lowest BCUT2D eigenvalue weighted by atomic mass is 10.2. The lowest BCUT2D eigenvalue weighted by Gasteiger charge is -2.27. The van der Waals surface area contributed by atoms with Crippen molar-refractivity contribution >= 4 is 45.8 Å². The van der Waals surface area contributed by atoms with Crippen molar-refractivity contribution in [3.05, 3.63) is 57.7 Å². The molecule has 2 aromatic carbocycles. The highest BCUT2D eigenvalue weighted by Gasteiger charge is 2.13. The van der Waals surface area contributed by atoms with Gasteiger partial charge in [-0.2, -0.15) is 0 Å². The van der Waals surface area contributed by atoms with Crippen LogP contribution in [0.5, 0.6) is 0 Å². The number of carbonyl (C=O) groups is 2. The number of hydrogen-bond donors (Lipinski definition) is 1. The minimum atomic E-state index is -0.504. The number of nitrogens with zero attached hydrogens (tertiary/aromatic N) is 1. The second-order valence-corrected chi connectivity index (χ2v) is 7.19. The third-order valence-corrected chi connectivity index (χ3v) is 4.82. The van der Waals surface area contributed by atoms with E-state index in [-0.39, 0.29) is 12.5 Å². The number of rotatable bonds is 7. The van der Waals surface area contributed by atoms with E-state index < -0.39 is 5.97 Å². The van der Waals surface area contributed by atoms with Crippen LogP contribution in [-0.2, 0) is 9.53 Å². The first-order valence-corrected chi connectivity index (χ1v) is 9.58. The van der Waals surface area contributed by atoms with Crippen molar-refractivity contribution in [2.75, 3.05) is 23.4 Å². The maximum atomic E-state index is 12.0. The molecule has 138 valence electrons. The fourth-order valence-corrected chi connectivity index (χ4v) is 3.22. The average Bonchev–Trinajstić information content (AvgIpc) is 2.62. The molecule has 0 spiro atoms. The summed E-state index contributed by atoms with van der Waals surface area (Å²) in [6, 6.07) is 15.1. The van der Waals surface area contributed by atoms with Gasteiger partial charge in [0.25, 0.3) is 5.91 Å². The zero-order valence-corrected chi connectivity index (χ0v) is 17.3. The lowest BCUT2D eigenvalue weighted by molar-refractivity contribution is -0.119. The Labute approximate surface area is 167 Å². The molecule has 0 aliphatic carbocycles. The first kappa shape index (κ1) is 20.2. The van der Waals surface area contributed by atoms with Crippen LogP contribution in [0.1, 0.15) is 31.1 Å². The summed E-state index contributed by atoms with van der Waals surface area (Å²) in [5.41, 5.74) is 2.23. The molecule has 0 unspecified atom stereocenters. The van der Waals surface area contributed by atoms with E-state index >= 15 is 0 Å². The summed E-state index contributed by atoms with van der Waals surface area (Å²) in [7, 11) is 0. The summed E-state index contributed by atoms with van der Waals surface area (Å²) < 4.78 is 5.88. The normalized spacial score (nSPS) is 10.5. The molecular weight excluding hydrogens is 443 g/mol. The molecule has 0 fully saturated rings. The van der Waals surface area contributed by atoms with Crippen LogP contribution in [0.4, 0.5) is 11.4 Å². The van der Waals surface area contributed by atoms with Gasteiger partial charge in [0.15, 0.2) is 6.61 Å². The Morgan fingerprint density at radius 1 is 1.12 bits per heavy atom. The maximum Gasteiger partial charge on any atom is 0.339 e. The largest absolute Gasteiger partial charge is 0.452 e.